The third-order valence-electron chi connectivity index (χ3n) is 0. The van der Waals surface area contributed by atoms with E-state index in [0.717, 1.165) is 0 Å². The van der Waals surface area contributed by atoms with Crippen molar-refractivity contribution < 1.29 is 18.0 Å². The van der Waals surface area contributed by atoms with Crippen molar-refractivity contribution in [2.45, 2.75) is 0 Å². The molecule has 1 radical (unpaired) electrons. The van der Waals surface area contributed by atoms with E-state index in [1.165, 1.54) is 18.0 Å². The Balaban J connectivity index is -0.00000000500. The second kappa shape index (κ2) is 31.8. The molecule has 0 unspecified atom stereocenters. The van der Waals surface area contributed by atoms with E-state index in [1.807, 2.05) is 0 Å². The molecule has 0 rings (SSSR count). The van der Waals surface area contributed by atoms with Gasteiger partial charge in [-0.15, -0.1) is 0 Å². The van der Waals surface area contributed by atoms with Crippen LogP contribution in [0.4, 0.5) is 0 Å². The Kier molecular flexibility index (Phi) is 154. The average molecular weight is 174 g/mol. The third kappa shape index (κ3) is 11.1. The predicted octanol–water partition coefficient (Wildman–Crippen LogP) is -0.0879. The first-order chi connectivity index (χ1) is 1.00. The fraction of sp³-hybridized carbons (Fsp3) is 0. The quantitative estimate of drug-likeness (QED) is 0.365. The summed E-state index contributed by atoms with van der Waals surface area (Å²) in [4.78, 5) is 0. The Morgan fingerprint density at radius 3 is 1.25 bits per heavy atom. The van der Waals surface area contributed by atoms with Crippen LogP contribution in [-0.4, -0.2) is 11.0 Å². The maximum absolute atomic E-state index is 4.09. The van der Waals surface area contributed by atoms with Gasteiger partial charge < -0.3 is 7.43 Å². The van der Waals surface area contributed by atoms with Crippen molar-refractivity contribution in [2.24, 2.45) is 0 Å². The Hall–Kier alpha value is 1.13. The van der Waals surface area contributed by atoms with E-state index in [2.05, 4.69) is 9.82 Å². The molecule has 0 atom stereocenters. The van der Waals surface area contributed by atoms with E-state index in [-0.39, 0.29) is 18.4 Å². The molecule has 0 saturated heterocycles. The molecule has 0 aromatic rings. The Labute approximate surface area is 46.3 Å². The van der Waals surface area contributed by atoms with Crippen molar-refractivity contribution in [1.82, 2.24) is 0 Å². The van der Waals surface area contributed by atoms with Crippen LogP contribution >= 0.6 is 9.82 Å². The molecule has 0 spiro atoms. The molecule has 0 amide bonds. The summed E-state index contributed by atoms with van der Waals surface area (Å²) in [5.41, 5.74) is 0. The normalized spacial score (nSPS) is 1.00. The van der Waals surface area contributed by atoms with Crippen molar-refractivity contribution in [2.75, 3.05) is 0 Å². The van der Waals surface area contributed by atoms with Crippen LogP contribution in [0.5, 0.6) is 0 Å². The summed E-state index contributed by atoms with van der Waals surface area (Å²) in [6.45, 7) is 0. The summed E-state index contributed by atoms with van der Waals surface area (Å²) >= 11 is 1.53. The van der Waals surface area contributed by atoms with Gasteiger partial charge in [0.1, 0.15) is 0 Å². The fourth-order valence-electron chi connectivity index (χ4n) is 0. The summed E-state index contributed by atoms with van der Waals surface area (Å²) in [6, 6.07) is 0. The monoisotopic (exact) mass is 176 g/mol. The molecule has 0 saturated carbocycles. The molecule has 0 aromatic heterocycles. The van der Waals surface area contributed by atoms with E-state index < -0.39 is 0 Å². The molecule has 0 aliphatic carbocycles. The first kappa shape index (κ1) is 19.3. The molecule has 0 nitrogen and oxygen atoms in total. The number of hydrogen-bond donors (Lipinski definition) is 0. The van der Waals surface area contributed by atoms with E-state index in [0.29, 0.717) is 0 Å². The van der Waals surface area contributed by atoms with Gasteiger partial charge in [0.2, 0.25) is 0 Å². The zero-order valence-electron chi connectivity index (χ0n) is 2.82. The Morgan fingerprint density at radius 2 is 1.25 bits per heavy atom. The van der Waals surface area contributed by atoms with Crippen LogP contribution in [0, 0.1) is 7.43 Å². The second-order valence-corrected chi connectivity index (χ2v) is 0. The summed E-state index contributed by atoms with van der Waals surface area (Å²) < 4.78 is 0. The molecule has 0 bridgehead atoms. The molecule has 3 heteroatoms. The SMILES string of the molecule is [CH3-].[S]=[Mo].[SiH3]. The molecule has 0 aliphatic rings. The topological polar surface area (TPSA) is 0 Å². The van der Waals surface area contributed by atoms with Gasteiger partial charge in [-0.1, -0.05) is 0 Å². The van der Waals surface area contributed by atoms with Gasteiger partial charge in [-0.3, -0.25) is 0 Å². The first-order valence-corrected chi connectivity index (χ1v) is 2.96. The molecule has 27 valence electrons. The minimum absolute atomic E-state index is 0. The van der Waals surface area contributed by atoms with Gasteiger partial charge in [-0.2, -0.15) is 0 Å². The molecule has 4 heavy (non-hydrogen) atoms. The van der Waals surface area contributed by atoms with Gasteiger partial charge in [0.15, 0.2) is 0 Å². The van der Waals surface area contributed by atoms with Crippen LogP contribution < -0.4 is 0 Å². The summed E-state index contributed by atoms with van der Waals surface area (Å²) in [5, 5.41) is 0. The second-order valence-electron chi connectivity index (χ2n) is 0. The summed E-state index contributed by atoms with van der Waals surface area (Å²) in [5.74, 6) is 0. The van der Waals surface area contributed by atoms with Crippen molar-refractivity contribution in [1.29, 1.82) is 0 Å². The van der Waals surface area contributed by atoms with Crippen molar-refractivity contribution in [3.63, 3.8) is 0 Å². The van der Waals surface area contributed by atoms with Gasteiger partial charge >= 0.3 is 27.8 Å². The largest absolute Gasteiger partial charge is 0.0125 e. The first-order valence-electron chi connectivity index (χ1n) is 0.167. The molecule has 0 fully saturated rings. The molecule has 0 N–H and O–H groups in total. The van der Waals surface area contributed by atoms with Crippen molar-refractivity contribution >= 4 is 20.8 Å². The third-order valence-corrected chi connectivity index (χ3v) is 0. The fourth-order valence-corrected chi connectivity index (χ4v) is 0. The molecule has 0 aliphatic heterocycles. The van der Waals surface area contributed by atoms with Crippen molar-refractivity contribution in [3.8, 4) is 0 Å². The summed E-state index contributed by atoms with van der Waals surface area (Å²) in [6.07, 6.45) is 0. The van der Waals surface area contributed by atoms with Crippen LogP contribution in [0.15, 0.2) is 0 Å². The van der Waals surface area contributed by atoms with Crippen LogP contribution in [0.1, 0.15) is 0 Å². The van der Waals surface area contributed by atoms with Crippen LogP contribution in [-0.2, 0) is 18.0 Å². The smallest absolute Gasteiger partial charge is 0.0125 e. The minimum atomic E-state index is 0. The zero-order valence-corrected chi connectivity index (χ0v) is 7.64. The number of rotatable bonds is 0. The number of hydrogen-bond acceptors (Lipinski definition) is 1. The van der Waals surface area contributed by atoms with Gasteiger partial charge in [0, 0.05) is 0 Å². The van der Waals surface area contributed by atoms with Crippen molar-refractivity contribution in [3.05, 3.63) is 7.43 Å². The predicted molar refractivity (Wildman–Crippen MR) is 23.9 cm³/mol. The van der Waals surface area contributed by atoms with Gasteiger partial charge in [0.05, 0.1) is 0 Å². The van der Waals surface area contributed by atoms with E-state index >= 15 is 0 Å². The Bertz CT molecular complexity index is 8.00. The Morgan fingerprint density at radius 1 is 1.25 bits per heavy atom. The van der Waals surface area contributed by atoms with Crippen LogP contribution in [0.3, 0.4) is 0 Å². The molecular formula is CH6MoSSi-. The maximum Gasteiger partial charge on any atom is -0.0125 e. The molecule has 0 heterocycles. The molecular weight excluding hydrogens is 168 g/mol. The van der Waals surface area contributed by atoms with Crippen LogP contribution in [0.25, 0.3) is 0 Å². The van der Waals surface area contributed by atoms with Gasteiger partial charge in [-0.05, 0) is 11.0 Å². The van der Waals surface area contributed by atoms with E-state index in [1.54, 1.807) is 0 Å². The minimum Gasteiger partial charge on any atom is -0.0125 e. The van der Waals surface area contributed by atoms with E-state index in [4.69, 9.17) is 0 Å². The van der Waals surface area contributed by atoms with E-state index in [9.17, 15) is 0 Å². The average Bonchev–Trinajstić information content (AvgIpc) is 1.00. The van der Waals surface area contributed by atoms with Gasteiger partial charge in [-0.25, -0.2) is 0 Å². The van der Waals surface area contributed by atoms with Gasteiger partial charge in [0.25, 0.3) is 0 Å². The zero-order chi connectivity index (χ0) is 2.00. The van der Waals surface area contributed by atoms with Crippen LogP contribution in [0.2, 0.25) is 0 Å². The standard InChI is InChI=1S/CH3.Mo.S.H3Si/h1H3;;;1H3/q-1;;;. The molecule has 0 aromatic carbocycles. The maximum atomic E-state index is 4.09. The summed E-state index contributed by atoms with van der Waals surface area (Å²) in [7, 11) is 4.09.